The summed E-state index contributed by atoms with van der Waals surface area (Å²) < 4.78 is 16.7. The van der Waals surface area contributed by atoms with Gasteiger partial charge in [-0.2, -0.15) is 0 Å². The van der Waals surface area contributed by atoms with Crippen LogP contribution in [0.4, 0.5) is 5.69 Å². The standard InChI is InChI=1S/C21H36N2O4/c1-6-9-10-13-21(5,27-14-7-2)20(24)23-18-11-12-19(22-17(18)4)26-16-15-25-8-3/h11-12H,6-10,13-16H2,1-5H3,(H,23,24)/t21-/m0/s1. The first-order valence-electron chi connectivity index (χ1n) is 10.1. The van der Waals surface area contributed by atoms with E-state index in [-0.39, 0.29) is 5.91 Å². The first kappa shape index (κ1) is 23.4. The highest BCUT2D eigenvalue weighted by molar-refractivity contribution is 5.97. The van der Waals surface area contributed by atoms with Gasteiger partial charge in [-0.05, 0) is 39.7 Å². The molecular weight excluding hydrogens is 344 g/mol. The Morgan fingerprint density at radius 3 is 2.52 bits per heavy atom. The van der Waals surface area contributed by atoms with Gasteiger partial charge in [-0.15, -0.1) is 0 Å². The van der Waals surface area contributed by atoms with E-state index in [1.807, 2.05) is 33.8 Å². The van der Waals surface area contributed by atoms with Crippen molar-refractivity contribution in [3.63, 3.8) is 0 Å². The summed E-state index contributed by atoms with van der Waals surface area (Å²) in [5.41, 5.74) is 0.562. The van der Waals surface area contributed by atoms with Crippen molar-refractivity contribution < 1.29 is 19.0 Å². The quantitative estimate of drug-likeness (QED) is 0.481. The van der Waals surface area contributed by atoms with Gasteiger partial charge in [0.25, 0.3) is 5.91 Å². The van der Waals surface area contributed by atoms with Crippen molar-refractivity contribution in [1.29, 1.82) is 0 Å². The number of carbonyl (C=O) groups excluding carboxylic acids is 1. The number of aryl methyl sites for hydroxylation is 1. The van der Waals surface area contributed by atoms with Crippen LogP contribution in [-0.2, 0) is 14.3 Å². The van der Waals surface area contributed by atoms with Crippen molar-refractivity contribution in [3.05, 3.63) is 17.8 Å². The molecule has 0 saturated carbocycles. The zero-order chi connectivity index (χ0) is 20.1. The molecule has 27 heavy (non-hydrogen) atoms. The molecule has 0 unspecified atom stereocenters. The summed E-state index contributed by atoms with van der Waals surface area (Å²) in [7, 11) is 0. The fourth-order valence-corrected chi connectivity index (χ4v) is 2.65. The minimum atomic E-state index is -0.829. The van der Waals surface area contributed by atoms with Crippen molar-refractivity contribution in [2.24, 2.45) is 0 Å². The Balaban J connectivity index is 2.73. The monoisotopic (exact) mass is 380 g/mol. The second kappa shape index (κ2) is 12.7. The molecule has 0 saturated heterocycles. The van der Waals surface area contributed by atoms with Crippen LogP contribution in [0.5, 0.6) is 5.88 Å². The van der Waals surface area contributed by atoms with Crippen LogP contribution in [0.1, 0.15) is 65.5 Å². The van der Waals surface area contributed by atoms with Crippen LogP contribution in [0, 0.1) is 6.92 Å². The van der Waals surface area contributed by atoms with E-state index in [0.29, 0.717) is 50.1 Å². The van der Waals surface area contributed by atoms with Gasteiger partial charge < -0.3 is 19.5 Å². The van der Waals surface area contributed by atoms with Crippen molar-refractivity contribution in [2.75, 3.05) is 31.7 Å². The molecule has 0 fully saturated rings. The highest BCUT2D eigenvalue weighted by Gasteiger charge is 2.33. The van der Waals surface area contributed by atoms with Gasteiger partial charge in [-0.3, -0.25) is 4.79 Å². The Morgan fingerprint density at radius 2 is 1.89 bits per heavy atom. The molecule has 0 spiro atoms. The first-order chi connectivity index (χ1) is 13.0. The number of pyridine rings is 1. The first-order valence-corrected chi connectivity index (χ1v) is 10.1. The molecule has 1 amide bonds. The van der Waals surface area contributed by atoms with Gasteiger partial charge in [0.2, 0.25) is 5.88 Å². The van der Waals surface area contributed by atoms with Gasteiger partial charge in [0, 0.05) is 19.3 Å². The van der Waals surface area contributed by atoms with Crippen molar-refractivity contribution in [1.82, 2.24) is 4.98 Å². The predicted molar refractivity (Wildman–Crippen MR) is 108 cm³/mol. The molecule has 154 valence electrons. The molecule has 0 aliphatic rings. The number of aromatic nitrogens is 1. The number of rotatable bonds is 14. The molecule has 1 rings (SSSR count). The predicted octanol–water partition coefficient (Wildman–Crippen LogP) is 4.51. The molecule has 0 bridgehead atoms. The third-order valence-corrected chi connectivity index (χ3v) is 4.35. The average Bonchev–Trinajstić information content (AvgIpc) is 2.65. The average molecular weight is 381 g/mol. The van der Waals surface area contributed by atoms with E-state index in [1.165, 1.54) is 0 Å². The molecule has 1 N–H and O–H groups in total. The number of unbranched alkanes of at least 4 members (excludes halogenated alkanes) is 2. The summed E-state index contributed by atoms with van der Waals surface area (Å²) in [6, 6.07) is 3.58. The highest BCUT2D eigenvalue weighted by Crippen LogP contribution is 2.24. The van der Waals surface area contributed by atoms with Crippen LogP contribution >= 0.6 is 0 Å². The largest absolute Gasteiger partial charge is 0.475 e. The third kappa shape index (κ3) is 8.26. The second-order valence-electron chi connectivity index (χ2n) is 6.82. The SMILES string of the molecule is CCCCC[C@](C)(OCCC)C(=O)Nc1ccc(OCCOCC)nc1C. The van der Waals surface area contributed by atoms with E-state index in [4.69, 9.17) is 14.2 Å². The summed E-state index contributed by atoms with van der Waals surface area (Å²) >= 11 is 0. The summed E-state index contributed by atoms with van der Waals surface area (Å²) in [6.45, 7) is 12.1. The lowest BCUT2D eigenvalue weighted by Gasteiger charge is -2.29. The van der Waals surface area contributed by atoms with Gasteiger partial charge >= 0.3 is 0 Å². The lowest BCUT2D eigenvalue weighted by atomic mass is 9.96. The topological polar surface area (TPSA) is 69.7 Å². The van der Waals surface area contributed by atoms with Crippen molar-refractivity contribution >= 4 is 11.6 Å². The number of anilines is 1. The molecule has 0 aromatic carbocycles. The minimum absolute atomic E-state index is 0.123. The maximum atomic E-state index is 12.9. The molecule has 6 heteroatoms. The van der Waals surface area contributed by atoms with E-state index in [0.717, 1.165) is 25.7 Å². The molecule has 1 heterocycles. The van der Waals surface area contributed by atoms with Crippen LogP contribution < -0.4 is 10.1 Å². The van der Waals surface area contributed by atoms with E-state index in [1.54, 1.807) is 6.07 Å². The van der Waals surface area contributed by atoms with E-state index < -0.39 is 5.60 Å². The second-order valence-corrected chi connectivity index (χ2v) is 6.82. The lowest BCUT2D eigenvalue weighted by Crippen LogP contribution is -2.43. The number of amides is 1. The van der Waals surface area contributed by atoms with Crippen LogP contribution in [0.25, 0.3) is 0 Å². The summed E-state index contributed by atoms with van der Waals surface area (Å²) in [5.74, 6) is 0.403. The Hall–Kier alpha value is -1.66. The Morgan fingerprint density at radius 1 is 1.11 bits per heavy atom. The van der Waals surface area contributed by atoms with E-state index in [9.17, 15) is 4.79 Å². The van der Waals surface area contributed by atoms with Crippen LogP contribution in [-0.4, -0.2) is 42.9 Å². The highest BCUT2D eigenvalue weighted by atomic mass is 16.5. The molecule has 0 aliphatic carbocycles. The Labute approximate surface area is 164 Å². The minimum Gasteiger partial charge on any atom is -0.475 e. The molecular formula is C21H36N2O4. The number of hydrogen-bond donors (Lipinski definition) is 1. The fraction of sp³-hybridized carbons (Fsp3) is 0.714. The Kier molecular flexibility index (Phi) is 11.0. The van der Waals surface area contributed by atoms with Gasteiger partial charge in [0.15, 0.2) is 0 Å². The zero-order valence-corrected chi connectivity index (χ0v) is 17.6. The van der Waals surface area contributed by atoms with Gasteiger partial charge in [-0.1, -0.05) is 33.1 Å². The molecule has 0 aliphatic heterocycles. The Bertz CT molecular complexity index is 565. The normalized spacial score (nSPS) is 13.2. The number of hydrogen-bond acceptors (Lipinski definition) is 5. The lowest BCUT2D eigenvalue weighted by molar-refractivity contribution is -0.140. The smallest absolute Gasteiger partial charge is 0.256 e. The number of nitrogens with one attached hydrogen (secondary N) is 1. The van der Waals surface area contributed by atoms with Crippen LogP contribution in [0.2, 0.25) is 0 Å². The van der Waals surface area contributed by atoms with Crippen LogP contribution in [0.15, 0.2) is 12.1 Å². The molecule has 1 aromatic rings. The zero-order valence-electron chi connectivity index (χ0n) is 17.6. The fourth-order valence-electron chi connectivity index (χ4n) is 2.65. The van der Waals surface area contributed by atoms with Gasteiger partial charge in [0.05, 0.1) is 18.0 Å². The summed E-state index contributed by atoms with van der Waals surface area (Å²) in [4.78, 5) is 17.3. The molecule has 1 atom stereocenters. The number of ether oxygens (including phenoxy) is 3. The molecule has 6 nitrogen and oxygen atoms in total. The summed E-state index contributed by atoms with van der Waals surface area (Å²) in [5, 5.41) is 2.98. The van der Waals surface area contributed by atoms with Crippen LogP contribution in [0.3, 0.4) is 0 Å². The van der Waals surface area contributed by atoms with E-state index in [2.05, 4.69) is 17.2 Å². The van der Waals surface area contributed by atoms with Crippen molar-refractivity contribution in [2.45, 2.75) is 72.3 Å². The molecule has 1 aromatic heterocycles. The molecule has 0 radical (unpaired) electrons. The maximum absolute atomic E-state index is 12.9. The van der Waals surface area contributed by atoms with Crippen molar-refractivity contribution in [3.8, 4) is 5.88 Å². The van der Waals surface area contributed by atoms with E-state index >= 15 is 0 Å². The number of nitrogens with zero attached hydrogens (tertiary/aromatic N) is 1. The maximum Gasteiger partial charge on any atom is 0.256 e. The summed E-state index contributed by atoms with van der Waals surface area (Å²) in [6.07, 6.45) is 4.75. The van der Waals surface area contributed by atoms with Gasteiger partial charge in [-0.25, -0.2) is 4.98 Å². The third-order valence-electron chi connectivity index (χ3n) is 4.35. The van der Waals surface area contributed by atoms with Gasteiger partial charge in [0.1, 0.15) is 12.2 Å². The number of carbonyl (C=O) groups is 1.